The Kier molecular flexibility index (Phi) is 4.26. The summed E-state index contributed by atoms with van der Waals surface area (Å²) in [7, 11) is 0. The molecule has 0 atom stereocenters. The Balaban J connectivity index is 2.08. The molecule has 1 aliphatic heterocycles. The van der Waals surface area contributed by atoms with E-state index in [9.17, 15) is 20.1 Å². The number of rotatable bonds is 3. The molecule has 0 aliphatic carbocycles. The van der Waals surface area contributed by atoms with Crippen molar-refractivity contribution in [3.05, 3.63) is 39.6 Å². The van der Waals surface area contributed by atoms with Gasteiger partial charge in [0.05, 0.1) is 18.1 Å². The van der Waals surface area contributed by atoms with Crippen LogP contribution in [0, 0.1) is 15.3 Å². The van der Waals surface area contributed by atoms with Crippen LogP contribution in [0.3, 0.4) is 0 Å². The summed E-state index contributed by atoms with van der Waals surface area (Å²) < 4.78 is 5.52. The van der Waals surface area contributed by atoms with E-state index in [-0.39, 0.29) is 11.4 Å². The van der Waals surface area contributed by atoms with Gasteiger partial charge in [0.2, 0.25) is 11.9 Å². The van der Waals surface area contributed by atoms with Crippen molar-refractivity contribution in [3.63, 3.8) is 0 Å². The van der Waals surface area contributed by atoms with Crippen molar-refractivity contribution in [2.45, 2.75) is 0 Å². The number of nitrogens with zero attached hydrogens (tertiary/aromatic N) is 3. The Hall–Kier alpha value is -2.48. The molecule has 106 valence electrons. The predicted octanol–water partition coefficient (Wildman–Crippen LogP) is 0.666. The Labute approximate surface area is 114 Å². The summed E-state index contributed by atoms with van der Waals surface area (Å²) in [6.07, 6.45) is 0.923. The number of nitro groups is 1. The van der Waals surface area contributed by atoms with E-state index in [0.29, 0.717) is 31.0 Å². The quantitative estimate of drug-likeness (QED) is 0.266. The van der Waals surface area contributed by atoms with Crippen molar-refractivity contribution in [1.29, 1.82) is 0 Å². The van der Waals surface area contributed by atoms with Gasteiger partial charge in [-0.2, -0.15) is 4.74 Å². The number of carbonyl (C=O) groups is 1. The fraction of sp³-hybridized carbons (Fsp3) is 0.333. The fourth-order valence-corrected chi connectivity index (χ4v) is 1.76. The maximum atomic E-state index is 11.8. The van der Waals surface area contributed by atoms with Crippen LogP contribution in [0.2, 0.25) is 0 Å². The van der Waals surface area contributed by atoms with Gasteiger partial charge in [0.25, 0.3) is 5.69 Å². The minimum absolute atomic E-state index is 0.110. The smallest absolute Gasteiger partial charge is 0.312 e. The van der Waals surface area contributed by atoms with Crippen LogP contribution in [0.25, 0.3) is 0 Å². The molecule has 0 aromatic heterocycles. The molecular formula is C12H13N3O5. The number of hydrogen-bond acceptors (Lipinski definition) is 5. The highest BCUT2D eigenvalue weighted by Crippen LogP contribution is 2.17. The average molecular weight is 279 g/mol. The van der Waals surface area contributed by atoms with Gasteiger partial charge in [-0.3, -0.25) is 14.9 Å². The molecule has 0 unspecified atom stereocenters. The van der Waals surface area contributed by atoms with Crippen LogP contribution in [-0.4, -0.2) is 53.0 Å². The standard InChI is InChI=1S/C12H13N3O5/c16-12(13-5-7-20-8-6-13)9-14(17)10-1-3-11(4-2-10)15(18)19/h1-4,9H,5-8H2/b14-9-. The number of amides is 1. The number of hydrogen-bond donors (Lipinski definition) is 0. The highest BCUT2D eigenvalue weighted by atomic mass is 16.6. The topological polar surface area (TPSA) is 98.8 Å². The van der Waals surface area contributed by atoms with Gasteiger partial charge in [-0.15, -0.1) is 0 Å². The van der Waals surface area contributed by atoms with E-state index in [2.05, 4.69) is 0 Å². The monoisotopic (exact) mass is 279 g/mol. The van der Waals surface area contributed by atoms with E-state index in [1.54, 1.807) is 0 Å². The first-order chi connectivity index (χ1) is 9.58. The van der Waals surface area contributed by atoms with E-state index in [1.807, 2.05) is 0 Å². The van der Waals surface area contributed by atoms with Crippen LogP contribution in [0.15, 0.2) is 24.3 Å². The summed E-state index contributed by atoms with van der Waals surface area (Å²) in [4.78, 5) is 23.3. The normalized spacial score (nSPS) is 16.0. The lowest BCUT2D eigenvalue weighted by Gasteiger charge is -2.24. The number of morpholine rings is 1. The van der Waals surface area contributed by atoms with Crippen molar-refractivity contribution in [2.24, 2.45) is 0 Å². The first-order valence-electron chi connectivity index (χ1n) is 6.00. The predicted molar refractivity (Wildman–Crippen MR) is 69.8 cm³/mol. The second-order valence-electron chi connectivity index (χ2n) is 4.17. The summed E-state index contributed by atoms with van der Waals surface area (Å²) in [5.41, 5.74) is 0.0545. The maximum absolute atomic E-state index is 11.8. The van der Waals surface area contributed by atoms with Crippen LogP contribution in [-0.2, 0) is 9.53 Å². The zero-order valence-corrected chi connectivity index (χ0v) is 10.6. The highest BCUT2D eigenvalue weighted by molar-refractivity contribution is 6.24. The van der Waals surface area contributed by atoms with E-state index in [1.165, 1.54) is 29.2 Å². The Bertz CT molecular complexity index is 535. The van der Waals surface area contributed by atoms with Crippen LogP contribution in [0.4, 0.5) is 11.4 Å². The number of non-ortho nitro benzene ring substituents is 1. The summed E-state index contributed by atoms with van der Waals surface area (Å²) in [5.74, 6) is -0.401. The van der Waals surface area contributed by atoms with Crippen LogP contribution in [0.5, 0.6) is 0 Å². The Morgan fingerprint density at radius 1 is 1.15 bits per heavy atom. The summed E-state index contributed by atoms with van der Waals surface area (Å²) >= 11 is 0. The molecule has 0 spiro atoms. The second-order valence-corrected chi connectivity index (χ2v) is 4.17. The van der Waals surface area contributed by atoms with Gasteiger partial charge in [0.15, 0.2) is 0 Å². The molecule has 8 heteroatoms. The molecule has 8 nitrogen and oxygen atoms in total. The van der Waals surface area contributed by atoms with Gasteiger partial charge in [-0.25, -0.2) is 0 Å². The van der Waals surface area contributed by atoms with Gasteiger partial charge in [0.1, 0.15) is 0 Å². The zero-order chi connectivity index (χ0) is 14.5. The maximum Gasteiger partial charge on any atom is 0.312 e. The molecule has 1 aliphatic rings. The number of ether oxygens (including phenoxy) is 1. The van der Waals surface area contributed by atoms with Gasteiger partial charge in [-0.05, 0) is 0 Å². The lowest BCUT2D eigenvalue weighted by atomic mass is 10.3. The molecule has 20 heavy (non-hydrogen) atoms. The Morgan fingerprint density at radius 2 is 1.70 bits per heavy atom. The molecule has 1 aromatic carbocycles. The van der Waals surface area contributed by atoms with Crippen molar-refractivity contribution < 1.29 is 19.2 Å². The lowest BCUT2D eigenvalue weighted by molar-refractivity contribution is -0.385. The molecule has 0 N–H and O–H groups in total. The van der Waals surface area contributed by atoms with E-state index < -0.39 is 10.8 Å². The Morgan fingerprint density at radius 3 is 2.25 bits per heavy atom. The molecule has 0 radical (unpaired) electrons. The zero-order valence-electron chi connectivity index (χ0n) is 10.6. The molecule has 0 bridgehead atoms. The first kappa shape index (κ1) is 13.9. The minimum Gasteiger partial charge on any atom is -0.618 e. The summed E-state index contributed by atoms with van der Waals surface area (Å²) in [6.45, 7) is 1.80. The molecular weight excluding hydrogens is 266 g/mol. The minimum atomic E-state index is -0.554. The van der Waals surface area contributed by atoms with Crippen LogP contribution < -0.4 is 0 Å². The van der Waals surface area contributed by atoms with Crippen molar-refractivity contribution in [3.8, 4) is 0 Å². The third-order valence-electron chi connectivity index (χ3n) is 2.87. The van der Waals surface area contributed by atoms with Crippen molar-refractivity contribution >= 4 is 23.5 Å². The van der Waals surface area contributed by atoms with E-state index in [0.717, 1.165) is 6.21 Å². The first-order valence-corrected chi connectivity index (χ1v) is 6.00. The molecule has 1 amide bonds. The summed E-state index contributed by atoms with van der Waals surface area (Å²) in [6, 6.07) is 5.03. The second kappa shape index (κ2) is 6.11. The summed E-state index contributed by atoms with van der Waals surface area (Å²) in [5, 5.41) is 22.3. The lowest BCUT2D eigenvalue weighted by Crippen LogP contribution is -2.42. The molecule has 1 aromatic rings. The molecule has 1 saturated heterocycles. The largest absolute Gasteiger partial charge is 0.618 e. The van der Waals surface area contributed by atoms with Crippen molar-refractivity contribution in [2.75, 3.05) is 26.3 Å². The van der Waals surface area contributed by atoms with Gasteiger partial charge < -0.3 is 14.8 Å². The molecule has 1 heterocycles. The number of carbonyl (C=O) groups excluding carboxylic acids is 1. The molecule has 0 saturated carbocycles. The van der Waals surface area contributed by atoms with Gasteiger partial charge >= 0.3 is 5.91 Å². The highest BCUT2D eigenvalue weighted by Gasteiger charge is 2.18. The molecule has 1 fully saturated rings. The van der Waals surface area contributed by atoms with E-state index >= 15 is 0 Å². The average Bonchev–Trinajstić information content (AvgIpc) is 2.48. The number of nitro benzene ring substituents is 1. The fourth-order valence-electron chi connectivity index (χ4n) is 1.76. The van der Waals surface area contributed by atoms with Gasteiger partial charge in [-0.1, -0.05) is 0 Å². The third kappa shape index (κ3) is 3.29. The SMILES string of the molecule is O=C(/C=[N+](\[O-])c1ccc([N+](=O)[O-])cc1)N1CCOCC1. The van der Waals surface area contributed by atoms with Gasteiger partial charge in [0, 0.05) is 37.4 Å². The van der Waals surface area contributed by atoms with Crippen LogP contribution >= 0.6 is 0 Å². The van der Waals surface area contributed by atoms with Crippen molar-refractivity contribution in [1.82, 2.24) is 4.90 Å². The molecule has 2 rings (SSSR count). The number of benzene rings is 1. The van der Waals surface area contributed by atoms with Crippen LogP contribution in [0.1, 0.15) is 0 Å². The third-order valence-corrected chi connectivity index (χ3v) is 2.87. The van der Waals surface area contributed by atoms with E-state index in [4.69, 9.17) is 4.74 Å².